The Bertz CT molecular complexity index is 1260. The highest BCUT2D eigenvalue weighted by Crippen LogP contribution is 2.32. The number of ether oxygens (including phenoxy) is 1. The maximum Gasteiger partial charge on any atom is 0.226 e. The second kappa shape index (κ2) is 10.4. The average molecular weight is 478 g/mol. The summed E-state index contributed by atoms with van der Waals surface area (Å²) in [6, 6.07) is 18.0. The van der Waals surface area contributed by atoms with Crippen LogP contribution in [0.5, 0.6) is 0 Å². The van der Waals surface area contributed by atoms with E-state index in [-0.39, 0.29) is 0 Å². The van der Waals surface area contributed by atoms with Crippen molar-refractivity contribution < 1.29 is 4.74 Å². The quantitative estimate of drug-likeness (QED) is 0.399. The van der Waals surface area contributed by atoms with Crippen LogP contribution < -0.4 is 11.1 Å². The molecule has 1 aliphatic rings. The van der Waals surface area contributed by atoms with Crippen molar-refractivity contribution in [1.82, 2.24) is 24.6 Å². The van der Waals surface area contributed by atoms with Crippen molar-refractivity contribution in [2.45, 2.75) is 13.0 Å². The normalized spacial score (nSPS) is 14.5. The number of morpholine rings is 1. The number of hydrogen-bond donors (Lipinski definition) is 2. The van der Waals surface area contributed by atoms with Gasteiger partial charge in [-0.25, -0.2) is 4.68 Å². The van der Waals surface area contributed by atoms with E-state index in [0.29, 0.717) is 29.0 Å². The van der Waals surface area contributed by atoms with Crippen LogP contribution in [-0.4, -0.2) is 64.0 Å². The minimum atomic E-state index is 0.403. The highest BCUT2D eigenvalue weighted by molar-refractivity contribution is 6.30. The molecule has 1 saturated heterocycles. The molecule has 0 amide bonds. The monoisotopic (exact) mass is 477 g/mol. The van der Waals surface area contributed by atoms with E-state index in [1.54, 1.807) is 0 Å². The van der Waals surface area contributed by atoms with Gasteiger partial charge in [0.05, 0.1) is 18.6 Å². The molecule has 34 heavy (non-hydrogen) atoms. The van der Waals surface area contributed by atoms with Crippen molar-refractivity contribution in [3.63, 3.8) is 0 Å². The minimum absolute atomic E-state index is 0.403. The first kappa shape index (κ1) is 22.6. The summed E-state index contributed by atoms with van der Waals surface area (Å²) in [5.41, 5.74) is 10.0. The zero-order chi connectivity index (χ0) is 23.3. The summed E-state index contributed by atoms with van der Waals surface area (Å²) >= 11 is 6.26. The van der Waals surface area contributed by atoms with Crippen molar-refractivity contribution in [3.8, 4) is 11.3 Å². The van der Waals surface area contributed by atoms with Gasteiger partial charge in [-0.05, 0) is 24.1 Å². The zero-order valence-corrected chi connectivity index (χ0v) is 19.7. The van der Waals surface area contributed by atoms with E-state index in [4.69, 9.17) is 32.2 Å². The largest absolute Gasteiger partial charge is 0.383 e. The summed E-state index contributed by atoms with van der Waals surface area (Å²) in [6.45, 7) is 5.74. The maximum atomic E-state index is 6.46. The number of nitrogens with one attached hydrogen (secondary N) is 1. The van der Waals surface area contributed by atoms with E-state index >= 15 is 0 Å². The third kappa shape index (κ3) is 5.14. The molecule has 176 valence electrons. The highest BCUT2D eigenvalue weighted by Gasteiger charge is 2.19. The molecule has 2 aromatic carbocycles. The first-order valence-electron chi connectivity index (χ1n) is 11.6. The molecule has 9 heteroatoms. The van der Waals surface area contributed by atoms with E-state index in [1.165, 1.54) is 5.56 Å². The second-order valence-electron chi connectivity index (χ2n) is 8.33. The van der Waals surface area contributed by atoms with Gasteiger partial charge in [-0.3, -0.25) is 4.90 Å². The van der Waals surface area contributed by atoms with E-state index < -0.39 is 0 Å². The Balaban J connectivity index is 1.45. The molecular formula is C25H28ClN7O. The van der Waals surface area contributed by atoms with Crippen molar-refractivity contribution in [2.24, 2.45) is 0 Å². The van der Waals surface area contributed by atoms with Crippen LogP contribution >= 0.6 is 11.6 Å². The van der Waals surface area contributed by atoms with Crippen LogP contribution in [0.2, 0.25) is 5.02 Å². The molecule has 0 bridgehead atoms. The Labute approximate surface area is 203 Å². The van der Waals surface area contributed by atoms with Gasteiger partial charge in [-0.1, -0.05) is 54.1 Å². The number of halogens is 1. The molecule has 3 heterocycles. The SMILES string of the molecule is Nc1nc(NCCN2CCOCC2)nc2c1c(-c1cccc(Cl)c1)nn2CCc1ccccc1. The number of aryl methyl sites for hydroxylation is 2. The van der Waals surface area contributed by atoms with Gasteiger partial charge in [-0.2, -0.15) is 15.1 Å². The van der Waals surface area contributed by atoms with Gasteiger partial charge < -0.3 is 15.8 Å². The van der Waals surface area contributed by atoms with Gasteiger partial charge in [-0.15, -0.1) is 0 Å². The van der Waals surface area contributed by atoms with E-state index in [1.807, 2.05) is 47.1 Å². The lowest BCUT2D eigenvalue weighted by Gasteiger charge is -2.26. The maximum absolute atomic E-state index is 6.46. The molecule has 0 spiro atoms. The number of benzene rings is 2. The van der Waals surface area contributed by atoms with Crippen LogP contribution in [-0.2, 0) is 17.7 Å². The average Bonchev–Trinajstić information content (AvgIpc) is 3.23. The number of fused-ring (bicyclic) bond motifs is 1. The van der Waals surface area contributed by atoms with Crippen molar-refractivity contribution in [1.29, 1.82) is 0 Å². The smallest absolute Gasteiger partial charge is 0.226 e. The van der Waals surface area contributed by atoms with E-state index in [9.17, 15) is 0 Å². The van der Waals surface area contributed by atoms with Crippen LogP contribution in [0.25, 0.3) is 22.3 Å². The first-order valence-corrected chi connectivity index (χ1v) is 11.9. The number of anilines is 2. The van der Waals surface area contributed by atoms with E-state index in [0.717, 1.165) is 62.5 Å². The molecular weight excluding hydrogens is 450 g/mol. The third-order valence-corrected chi connectivity index (χ3v) is 6.22. The molecule has 0 unspecified atom stereocenters. The number of nitrogens with two attached hydrogens (primary N) is 1. The van der Waals surface area contributed by atoms with Crippen LogP contribution in [0.4, 0.5) is 11.8 Å². The summed E-state index contributed by atoms with van der Waals surface area (Å²) in [5, 5.41) is 9.62. The number of nitrogens with zero attached hydrogens (tertiary/aromatic N) is 5. The summed E-state index contributed by atoms with van der Waals surface area (Å²) in [7, 11) is 0. The molecule has 5 rings (SSSR count). The van der Waals surface area contributed by atoms with Gasteiger partial charge in [0.15, 0.2) is 5.65 Å². The van der Waals surface area contributed by atoms with Crippen LogP contribution in [0.1, 0.15) is 5.56 Å². The molecule has 8 nitrogen and oxygen atoms in total. The lowest BCUT2D eigenvalue weighted by atomic mass is 10.1. The van der Waals surface area contributed by atoms with Gasteiger partial charge in [0.25, 0.3) is 0 Å². The minimum Gasteiger partial charge on any atom is -0.383 e. The van der Waals surface area contributed by atoms with Crippen LogP contribution in [0.15, 0.2) is 54.6 Å². The number of nitrogen functional groups attached to an aromatic ring is 1. The number of hydrogen-bond acceptors (Lipinski definition) is 7. The predicted molar refractivity (Wildman–Crippen MR) is 136 cm³/mol. The number of aromatic nitrogens is 4. The fourth-order valence-electron chi connectivity index (χ4n) is 4.20. The Kier molecular flexibility index (Phi) is 6.89. The summed E-state index contributed by atoms with van der Waals surface area (Å²) in [4.78, 5) is 11.7. The molecule has 1 fully saturated rings. The topological polar surface area (TPSA) is 94.1 Å². The predicted octanol–water partition coefficient (Wildman–Crippen LogP) is 3.72. The molecule has 1 aliphatic heterocycles. The summed E-state index contributed by atoms with van der Waals surface area (Å²) < 4.78 is 7.34. The Morgan fingerprint density at radius 3 is 2.62 bits per heavy atom. The lowest BCUT2D eigenvalue weighted by molar-refractivity contribution is 0.0398. The van der Waals surface area contributed by atoms with Crippen molar-refractivity contribution in [2.75, 3.05) is 50.4 Å². The molecule has 3 N–H and O–H groups in total. The fourth-order valence-corrected chi connectivity index (χ4v) is 4.39. The molecule has 0 aliphatic carbocycles. The summed E-state index contributed by atoms with van der Waals surface area (Å²) in [5.74, 6) is 0.913. The Hall–Kier alpha value is -3.20. The lowest BCUT2D eigenvalue weighted by Crippen LogP contribution is -2.39. The first-order chi connectivity index (χ1) is 16.7. The summed E-state index contributed by atoms with van der Waals surface area (Å²) in [6.07, 6.45) is 0.830. The Morgan fingerprint density at radius 1 is 1.00 bits per heavy atom. The second-order valence-corrected chi connectivity index (χ2v) is 8.77. The molecule has 0 atom stereocenters. The van der Waals surface area contributed by atoms with Gasteiger partial charge in [0.1, 0.15) is 11.5 Å². The number of rotatable bonds is 8. The molecule has 2 aromatic heterocycles. The fraction of sp³-hybridized carbons (Fsp3) is 0.320. The highest BCUT2D eigenvalue weighted by atomic mass is 35.5. The molecule has 0 saturated carbocycles. The molecule has 0 radical (unpaired) electrons. The van der Waals surface area contributed by atoms with Crippen LogP contribution in [0.3, 0.4) is 0 Å². The van der Waals surface area contributed by atoms with Crippen molar-refractivity contribution >= 4 is 34.4 Å². The van der Waals surface area contributed by atoms with Crippen LogP contribution in [0, 0.1) is 0 Å². The molecule has 4 aromatic rings. The zero-order valence-electron chi connectivity index (χ0n) is 19.0. The van der Waals surface area contributed by atoms with Gasteiger partial charge in [0.2, 0.25) is 5.95 Å². The van der Waals surface area contributed by atoms with Crippen molar-refractivity contribution in [3.05, 3.63) is 65.2 Å². The van der Waals surface area contributed by atoms with E-state index in [2.05, 4.69) is 27.3 Å². The Morgan fingerprint density at radius 2 is 1.82 bits per heavy atom. The van der Waals surface area contributed by atoms with Gasteiger partial charge in [0, 0.05) is 43.3 Å². The standard InChI is InChI=1S/C25H28ClN7O/c26-20-8-4-7-19(17-20)22-21-23(27)29-25(28-10-12-32-13-15-34-16-14-32)30-24(21)33(31-22)11-9-18-5-2-1-3-6-18/h1-8,17H,9-16H2,(H3,27,28,29,30). The van der Waals surface area contributed by atoms with Gasteiger partial charge >= 0.3 is 0 Å². The third-order valence-electron chi connectivity index (χ3n) is 5.99.